The van der Waals surface area contributed by atoms with E-state index in [0.29, 0.717) is 10.6 Å². The van der Waals surface area contributed by atoms with Crippen LogP contribution in [0.3, 0.4) is 0 Å². The zero-order chi connectivity index (χ0) is 12.3. The van der Waals surface area contributed by atoms with E-state index in [0.717, 1.165) is 6.42 Å². The van der Waals surface area contributed by atoms with E-state index in [4.69, 9.17) is 17.4 Å². The van der Waals surface area contributed by atoms with Gasteiger partial charge in [0.25, 0.3) is 0 Å². The molecule has 16 heavy (non-hydrogen) atoms. The Morgan fingerprint density at radius 2 is 2.06 bits per heavy atom. The van der Waals surface area contributed by atoms with Crippen molar-refractivity contribution in [3.05, 3.63) is 34.6 Å². The molecule has 1 rings (SSSR count). The van der Waals surface area contributed by atoms with Crippen molar-refractivity contribution in [1.82, 2.24) is 5.43 Å². The number of rotatable bonds is 3. The number of hydrazine groups is 1. The van der Waals surface area contributed by atoms with Crippen molar-refractivity contribution in [2.24, 2.45) is 11.3 Å². The molecule has 0 saturated carbocycles. The Hall–Kier alpha value is -0.640. The minimum Gasteiger partial charge on any atom is -0.271 e. The maximum absolute atomic E-state index is 13.7. The highest BCUT2D eigenvalue weighted by Crippen LogP contribution is 2.30. The third-order valence-electron chi connectivity index (χ3n) is 2.36. The molecule has 1 aromatic carbocycles. The molecule has 4 heteroatoms. The van der Waals surface area contributed by atoms with Gasteiger partial charge in [-0.2, -0.15) is 0 Å². The molecule has 0 aliphatic heterocycles. The second-order valence-corrected chi connectivity index (χ2v) is 5.59. The highest BCUT2D eigenvalue weighted by Gasteiger charge is 2.21. The van der Waals surface area contributed by atoms with Gasteiger partial charge >= 0.3 is 0 Å². The standard InChI is InChI=1S/C12H18ClFN2/c1-12(2,3)7-11(16-15)9-5-4-8(13)6-10(9)14/h4-6,11,16H,7,15H2,1-3H3. The molecule has 2 nitrogen and oxygen atoms in total. The van der Waals surface area contributed by atoms with Crippen LogP contribution < -0.4 is 11.3 Å². The monoisotopic (exact) mass is 244 g/mol. The fraction of sp³-hybridized carbons (Fsp3) is 0.500. The number of halogens is 2. The summed E-state index contributed by atoms with van der Waals surface area (Å²) in [4.78, 5) is 0. The van der Waals surface area contributed by atoms with Gasteiger partial charge in [0.15, 0.2) is 0 Å². The van der Waals surface area contributed by atoms with Crippen molar-refractivity contribution in [3.8, 4) is 0 Å². The average Bonchev–Trinajstić information content (AvgIpc) is 2.13. The second kappa shape index (κ2) is 5.13. The van der Waals surface area contributed by atoms with Gasteiger partial charge in [0.1, 0.15) is 5.82 Å². The highest BCUT2D eigenvalue weighted by molar-refractivity contribution is 6.30. The lowest BCUT2D eigenvalue weighted by atomic mass is 9.85. The van der Waals surface area contributed by atoms with Crippen LogP contribution in [0, 0.1) is 11.2 Å². The molecule has 0 aromatic heterocycles. The van der Waals surface area contributed by atoms with E-state index in [2.05, 4.69) is 26.2 Å². The fourth-order valence-electron chi connectivity index (χ4n) is 1.66. The summed E-state index contributed by atoms with van der Waals surface area (Å²) < 4.78 is 13.7. The first kappa shape index (κ1) is 13.4. The van der Waals surface area contributed by atoms with Crippen molar-refractivity contribution in [3.63, 3.8) is 0 Å². The number of hydrogen-bond donors (Lipinski definition) is 2. The quantitative estimate of drug-likeness (QED) is 0.632. The van der Waals surface area contributed by atoms with E-state index in [9.17, 15) is 4.39 Å². The summed E-state index contributed by atoms with van der Waals surface area (Å²) in [5.74, 6) is 5.15. The molecule has 90 valence electrons. The van der Waals surface area contributed by atoms with Crippen LogP contribution in [0.15, 0.2) is 18.2 Å². The average molecular weight is 245 g/mol. The van der Waals surface area contributed by atoms with Crippen molar-refractivity contribution in [2.75, 3.05) is 0 Å². The zero-order valence-electron chi connectivity index (χ0n) is 9.85. The first-order valence-electron chi connectivity index (χ1n) is 5.24. The molecule has 3 N–H and O–H groups in total. The van der Waals surface area contributed by atoms with E-state index < -0.39 is 0 Å². The molecule has 1 unspecified atom stereocenters. The van der Waals surface area contributed by atoms with Crippen LogP contribution >= 0.6 is 11.6 Å². The summed E-state index contributed by atoms with van der Waals surface area (Å²) >= 11 is 5.71. The third-order valence-corrected chi connectivity index (χ3v) is 2.59. The van der Waals surface area contributed by atoms with Crippen molar-refractivity contribution in [2.45, 2.75) is 33.2 Å². The van der Waals surface area contributed by atoms with E-state index in [1.54, 1.807) is 12.1 Å². The van der Waals surface area contributed by atoms with E-state index >= 15 is 0 Å². The van der Waals surface area contributed by atoms with E-state index in [1.807, 2.05) is 0 Å². The molecule has 0 aliphatic rings. The Morgan fingerprint density at radius 1 is 1.44 bits per heavy atom. The Bertz CT molecular complexity index is 361. The molecule has 1 atom stereocenters. The van der Waals surface area contributed by atoms with Gasteiger partial charge in [-0.3, -0.25) is 11.3 Å². The number of benzene rings is 1. The van der Waals surface area contributed by atoms with Crippen LogP contribution in [0.2, 0.25) is 5.02 Å². The lowest BCUT2D eigenvalue weighted by Crippen LogP contribution is -2.31. The van der Waals surface area contributed by atoms with Gasteiger partial charge in [0, 0.05) is 16.6 Å². The predicted molar refractivity (Wildman–Crippen MR) is 65.5 cm³/mol. The van der Waals surface area contributed by atoms with E-state index in [1.165, 1.54) is 6.07 Å². The second-order valence-electron chi connectivity index (χ2n) is 5.15. The van der Waals surface area contributed by atoms with Gasteiger partial charge < -0.3 is 0 Å². The summed E-state index contributed by atoms with van der Waals surface area (Å²) in [5, 5.41) is 0.396. The summed E-state index contributed by atoms with van der Waals surface area (Å²) in [6.07, 6.45) is 0.752. The molecule has 0 bridgehead atoms. The third kappa shape index (κ3) is 3.74. The number of nitrogens with two attached hydrogens (primary N) is 1. The van der Waals surface area contributed by atoms with Gasteiger partial charge in [-0.05, 0) is 24.0 Å². The van der Waals surface area contributed by atoms with E-state index in [-0.39, 0.29) is 17.3 Å². The minimum absolute atomic E-state index is 0.0725. The van der Waals surface area contributed by atoms with Gasteiger partial charge in [0.05, 0.1) is 0 Å². The molecule has 0 radical (unpaired) electrons. The van der Waals surface area contributed by atoms with Crippen molar-refractivity contribution >= 4 is 11.6 Å². The molecule has 1 aromatic rings. The van der Waals surface area contributed by atoms with Crippen LogP contribution in [0.1, 0.15) is 38.8 Å². The van der Waals surface area contributed by atoms with Crippen LogP contribution in [0.25, 0.3) is 0 Å². The van der Waals surface area contributed by atoms with Gasteiger partial charge in [-0.1, -0.05) is 38.4 Å². The maximum Gasteiger partial charge on any atom is 0.129 e. The number of nitrogens with one attached hydrogen (secondary N) is 1. The van der Waals surface area contributed by atoms with Crippen LogP contribution in [-0.4, -0.2) is 0 Å². The van der Waals surface area contributed by atoms with Crippen molar-refractivity contribution in [1.29, 1.82) is 0 Å². The van der Waals surface area contributed by atoms with Crippen LogP contribution in [-0.2, 0) is 0 Å². The number of hydrogen-bond acceptors (Lipinski definition) is 2. The Labute approximate surface area is 101 Å². The molecule has 0 heterocycles. The summed E-state index contributed by atoms with van der Waals surface area (Å²) in [6.45, 7) is 6.27. The SMILES string of the molecule is CC(C)(C)CC(NN)c1ccc(Cl)cc1F. The van der Waals surface area contributed by atoms with Gasteiger partial charge in [0.2, 0.25) is 0 Å². The maximum atomic E-state index is 13.7. The normalized spacial score (nSPS) is 13.9. The summed E-state index contributed by atoms with van der Waals surface area (Å²) in [7, 11) is 0. The van der Waals surface area contributed by atoms with Crippen molar-refractivity contribution < 1.29 is 4.39 Å². The highest BCUT2D eigenvalue weighted by atomic mass is 35.5. The topological polar surface area (TPSA) is 38.0 Å². The lowest BCUT2D eigenvalue weighted by molar-refractivity contribution is 0.309. The first-order chi connectivity index (χ1) is 7.33. The summed E-state index contributed by atoms with van der Waals surface area (Å²) in [5.41, 5.74) is 3.28. The smallest absolute Gasteiger partial charge is 0.129 e. The Kier molecular flexibility index (Phi) is 4.30. The Morgan fingerprint density at radius 3 is 2.50 bits per heavy atom. The lowest BCUT2D eigenvalue weighted by Gasteiger charge is -2.26. The molecule has 0 aliphatic carbocycles. The molecular formula is C12H18ClFN2. The minimum atomic E-state index is -0.320. The molecular weight excluding hydrogens is 227 g/mol. The fourth-order valence-corrected chi connectivity index (χ4v) is 1.81. The first-order valence-corrected chi connectivity index (χ1v) is 5.62. The van der Waals surface area contributed by atoms with Crippen LogP contribution in [0.4, 0.5) is 4.39 Å². The molecule has 0 amide bonds. The van der Waals surface area contributed by atoms with Gasteiger partial charge in [-0.25, -0.2) is 4.39 Å². The predicted octanol–water partition coefficient (Wildman–Crippen LogP) is 3.42. The summed E-state index contributed by atoms with van der Waals surface area (Å²) in [6, 6.07) is 4.46. The van der Waals surface area contributed by atoms with Crippen LogP contribution in [0.5, 0.6) is 0 Å². The largest absolute Gasteiger partial charge is 0.271 e. The molecule has 0 saturated heterocycles. The Balaban J connectivity index is 2.95. The zero-order valence-corrected chi connectivity index (χ0v) is 10.6. The van der Waals surface area contributed by atoms with Gasteiger partial charge in [-0.15, -0.1) is 0 Å². The molecule has 0 spiro atoms. The molecule has 0 fully saturated rings.